The third kappa shape index (κ3) is 2.44. The van der Waals surface area contributed by atoms with Crippen LogP contribution in [0.15, 0.2) is 0 Å². The van der Waals surface area contributed by atoms with E-state index in [2.05, 4.69) is 10.6 Å². The van der Waals surface area contributed by atoms with Crippen molar-refractivity contribution >= 4 is 5.97 Å². The molecule has 0 bridgehead atoms. The first kappa shape index (κ1) is 9.44. The van der Waals surface area contributed by atoms with Gasteiger partial charge < -0.3 is 10.5 Å². The van der Waals surface area contributed by atoms with Gasteiger partial charge in [0.05, 0.1) is 6.17 Å². The van der Waals surface area contributed by atoms with E-state index < -0.39 is 6.17 Å². The first-order valence-corrected chi connectivity index (χ1v) is 4.15. The van der Waals surface area contributed by atoms with Gasteiger partial charge >= 0.3 is 5.97 Å². The lowest BCUT2D eigenvalue weighted by Gasteiger charge is -2.25. The summed E-state index contributed by atoms with van der Waals surface area (Å²) in [5, 5.41) is 5.88. The van der Waals surface area contributed by atoms with Crippen molar-refractivity contribution in [2.24, 2.45) is 5.73 Å². The maximum absolute atomic E-state index is 11.0. The third-order valence-electron chi connectivity index (χ3n) is 1.75. The number of morpholine rings is 1. The maximum Gasteiger partial charge on any atom is 0.338 e. The summed E-state index contributed by atoms with van der Waals surface area (Å²) in [5.41, 5.74) is 5.61. The number of rotatable bonds is 3. The summed E-state index contributed by atoms with van der Waals surface area (Å²) in [7, 11) is 0. The van der Waals surface area contributed by atoms with Crippen molar-refractivity contribution < 1.29 is 9.53 Å². The van der Waals surface area contributed by atoms with Crippen LogP contribution in [0.1, 0.15) is 13.3 Å². The van der Waals surface area contributed by atoms with E-state index in [0.29, 0.717) is 13.2 Å². The molecule has 4 N–H and O–H groups in total. The fourth-order valence-electron chi connectivity index (χ4n) is 0.980. The highest BCUT2D eigenvalue weighted by molar-refractivity contribution is 5.75. The van der Waals surface area contributed by atoms with Crippen molar-refractivity contribution in [3.63, 3.8) is 0 Å². The first-order valence-electron chi connectivity index (χ1n) is 4.15. The van der Waals surface area contributed by atoms with Gasteiger partial charge in [-0.3, -0.25) is 10.6 Å². The molecule has 0 aromatic rings. The van der Waals surface area contributed by atoms with E-state index in [-0.39, 0.29) is 12.1 Å². The molecule has 1 aliphatic rings. The highest BCUT2D eigenvalue weighted by Gasteiger charge is 2.23. The Bertz CT molecular complexity index is 163. The van der Waals surface area contributed by atoms with E-state index in [0.717, 1.165) is 6.42 Å². The number of hydrogen-bond donors (Lipinski definition) is 3. The van der Waals surface area contributed by atoms with E-state index in [1.54, 1.807) is 0 Å². The molecule has 0 saturated carbocycles. The molecule has 1 rings (SSSR count). The molecule has 0 aromatic carbocycles. The molecular weight excluding hydrogens is 158 g/mol. The molecule has 1 heterocycles. The second-order valence-corrected chi connectivity index (χ2v) is 2.74. The van der Waals surface area contributed by atoms with Gasteiger partial charge in [-0.1, -0.05) is 6.92 Å². The Kier molecular flexibility index (Phi) is 3.46. The normalized spacial score (nSPS) is 26.5. The van der Waals surface area contributed by atoms with Crippen LogP contribution in [-0.4, -0.2) is 31.5 Å². The Morgan fingerprint density at radius 3 is 3.25 bits per heavy atom. The van der Waals surface area contributed by atoms with Gasteiger partial charge in [-0.25, -0.2) is 4.79 Å². The molecule has 0 radical (unpaired) electrons. The second-order valence-electron chi connectivity index (χ2n) is 2.74. The van der Waals surface area contributed by atoms with E-state index in [1.165, 1.54) is 0 Å². The monoisotopic (exact) mass is 173 g/mol. The van der Waals surface area contributed by atoms with Crippen molar-refractivity contribution in [2.45, 2.75) is 25.7 Å². The highest BCUT2D eigenvalue weighted by atomic mass is 16.5. The van der Waals surface area contributed by atoms with Gasteiger partial charge in [0.25, 0.3) is 0 Å². The van der Waals surface area contributed by atoms with Gasteiger partial charge in [-0.05, 0) is 6.42 Å². The van der Waals surface area contributed by atoms with Gasteiger partial charge in [0.2, 0.25) is 0 Å². The molecule has 0 aliphatic carbocycles. The number of carbonyl (C=O) groups excluding carboxylic acids is 1. The summed E-state index contributed by atoms with van der Waals surface area (Å²) in [4.78, 5) is 11.0. The average molecular weight is 173 g/mol. The predicted molar refractivity (Wildman–Crippen MR) is 44.2 cm³/mol. The van der Waals surface area contributed by atoms with Crippen molar-refractivity contribution in [3.8, 4) is 0 Å². The van der Waals surface area contributed by atoms with Crippen LogP contribution < -0.4 is 16.4 Å². The Morgan fingerprint density at radius 2 is 2.67 bits per heavy atom. The van der Waals surface area contributed by atoms with Crippen molar-refractivity contribution in [3.05, 3.63) is 0 Å². The fraction of sp³-hybridized carbons (Fsp3) is 0.857. The van der Waals surface area contributed by atoms with Crippen LogP contribution >= 0.6 is 0 Å². The number of carbonyl (C=O) groups is 1. The van der Waals surface area contributed by atoms with Crippen molar-refractivity contribution in [2.75, 3.05) is 13.2 Å². The summed E-state index contributed by atoms with van der Waals surface area (Å²) in [6, 6.07) is 0. The molecule has 12 heavy (non-hydrogen) atoms. The molecule has 5 nitrogen and oxygen atoms in total. The summed E-state index contributed by atoms with van der Waals surface area (Å²) in [5.74, 6) is -0.273. The highest BCUT2D eigenvalue weighted by Crippen LogP contribution is 1.93. The van der Waals surface area contributed by atoms with Crippen LogP contribution in [-0.2, 0) is 9.53 Å². The summed E-state index contributed by atoms with van der Waals surface area (Å²) in [6.45, 7) is 3.07. The van der Waals surface area contributed by atoms with E-state index in [9.17, 15) is 4.79 Å². The lowest BCUT2D eigenvalue weighted by Crippen LogP contribution is -2.58. The fourth-order valence-corrected chi connectivity index (χ4v) is 0.980. The smallest absolute Gasteiger partial charge is 0.338 e. The zero-order valence-electron chi connectivity index (χ0n) is 7.17. The zero-order valence-corrected chi connectivity index (χ0v) is 7.17. The van der Waals surface area contributed by atoms with Gasteiger partial charge in [0.1, 0.15) is 6.61 Å². The summed E-state index contributed by atoms with van der Waals surface area (Å²) >= 11 is 0. The minimum atomic E-state index is -0.436. The molecule has 2 unspecified atom stereocenters. The average Bonchev–Trinajstić information content (AvgIpc) is 2.09. The molecule has 5 heteroatoms. The molecular formula is C7H15N3O2. The number of nitrogens with two attached hydrogens (primary N) is 1. The Hall–Kier alpha value is -0.650. The van der Waals surface area contributed by atoms with Crippen LogP contribution in [0.25, 0.3) is 0 Å². The predicted octanol–water partition coefficient (Wildman–Crippen LogP) is -1.26. The van der Waals surface area contributed by atoms with Crippen LogP contribution in [0.4, 0.5) is 0 Å². The van der Waals surface area contributed by atoms with Crippen molar-refractivity contribution in [1.29, 1.82) is 0 Å². The second kappa shape index (κ2) is 4.39. The SMILES string of the molecule is CCC(N)NC1NCCOC1=O. The van der Waals surface area contributed by atoms with E-state index in [1.807, 2.05) is 6.92 Å². The number of cyclic esters (lactones) is 1. The van der Waals surface area contributed by atoms with Crippen LogP contribution in [0.2, 0.25) is 0 Å². The van der Waals surface area contributed by atoms with Crippen LogP contribution in [0.3, 0.4) is 0 Å². The summed E-state index contributed by atoms with van der Waals surface area (Å²) < 4.78 is 4.82. The molecule has 70 valence electrons. The number of nitrogens with one attached hydrogen (secondary N) is 2. The zero-order chi connectivity index (χ0) is 8.97. The minimum Gasteiger partial charge on any atom is -0.462 e. The molecule has 2 atom stereocenters. The van der Waals surface area contributed by atoms with Gasteiger partial charge in [0.15, 0.2) is 6.17 Å². The summed E-state index contributed by atoms with van der Waals surface area (Å²) in [6.07, 6.45) is 0.188. The molecule has 0 aromatic heterocycles. The van der Waals surface area contributed by atoms with Gasteiger partial charge in [-0.15, -0.1) is 0 Å². The Morgan fingerprint density at radius 1 is 1.92 bits per heavy atom. The molecule has 0 amide bonds. The topological polar surface area (TPSA) is 76.4 Å². The third-order valence-corrected chi connectivity index (χ3v) is 1.75. The minimum absolute atomic E-state index is 0.159. The van der Waals surface area contributed by atoms with Crippen LogP contribution in [0.5, 0.6) is 0 Å². The van der Waals surface area contributed by atoms with Crippen molar-refractivity contribution in [1.82, 2.24) is 10.6 Å². The van der Waals surface area contributed by atoms with E-state index in [4.69, 9.17) is 10.5 Å². The van der Waals surface area contributed by atoms with Gasteiger partial charge in [-0.2, -0.15) is 0 Å². The number of esters is 1. The first-order chi connectivity index (χ1) is 5.74. The van der Waals surface area contributed by atoms with Crippen LogP contribution in [0, 0.1) is 0 Å². The largest absolute Gasteiger partial charge is 0.462 e. The lowest BCUT2D eigenvalue weighted by atomic mass is 10.3. The number of hydrogen-bond acceptors (Lipinski definition) is 5. The van der Waals surface area contributed by atoms with Gasteiger partial charge in [0, 0.05) is 6.54 Å². The molecule has 1 saturated heterocycles. The molecule has 0 spiro atoms. The van der Waals surface area contributed by atoms with E-state index >= 15 is 0 Å². The maximum atomic E-state index is 11.0. The standard InChI is InChI=1S/C7H15N3O2/c1-2-5(8)10-6-7(11)12-4-3-9-6/h5-6,9-10H,2-4,8H2,1H3. The lowest BCUT2D eigenvalue weighted by molar-refractivity contribution is -0.150. The molecule has 1 fully saturated rings. The Labute approximate surface area is 71.6 Å². The Balaban J connectivity index is 2.34. The quantitative estimate of drug-likeness (QED) is 0.367. The number of ether oxygens (including phenoxy) is 1. The molecule has 1 aliphatic heterocycles.